The van der Waals surface area contributed by atoms with Crippen molar-refractivity contribution in [2.24, 2.45) is 0 Å². The first kappa shape index (κ1) is 21.4. The van der Waals surface area contributed by atoms with E-state index >= 15 is 0 Å². The first-order valence-electron chi connectivity index (χ1n) is 8.35. The van der Waals surface area contributed by atoms with Crippen LogP contribution in [0, 0.1) is 0 Å². The molecular formula is C18H19F3N2O5. The number of benzene rings is 1. The molecular weight excluding hydrogens is 381 g/mol. The van der Waals surface area contributed by atoms with Crippen LogP contribution in [0.25, 0.3) is 0 Å². The third-order valence-electron chi connectivity index (χ3n) is 3.38. The maximum Gasteiger partial charge on any atom is 0.422 e. The summed E-state index contributed by atoms with van der Waals surface area (Å²) >= 11 is 0. The van der Waals surface area contributed by atoms with E-state index in [1.165, 1.54) is 12.3 Å². The van der Waals surface area contributed by atoms with E-state index in [1.54, 1.807) is 31.2 Å². The van der Waals surface area contributed by atoms with E-state index in [1.807, 2.05) is 0 Å². The van der Waals surface area contributed by atoms with E-state index in [9.17, 15) is 23.1 Å². The normalized spacial score (nSPS) is 12.3. The Balaban J connectivity index is 2.00. The molecule has 0 aliphatic carbocycles. The molecule has 0 saturated carbocycles. The van der Waals surface area contributed by atoms with Gasteiger partial charge in [-0.25, -0.2) is 9.78 Å². The highest BCUT2D eigenvalue weighted by Gasteiger charge is 2.29. The Morgan fingerprint density at radius 3 is 2.68 bits per heavy atom. The number of hydrogen-bond donors (Lipinski definition) is 1. The number of ether oxygens (including phenoxy) is 3. The van der Waals surface area contributed by atoms with Gasteiger partial charge in [-0.1, -0.05) is 18.2 Å². The largest absolute Gasteiger partial charge is 0.487 e. The SMILES string of the molecule is CCOC(=O)[C@@H](O)Cc1ccccc1OCc1ccnc(OCC(F)(F)F)n1. The standard InChI is InChI=1S/C18H19F3N2O5/c1-2-26-16(25)14(24)9-12-5-3-4-6-15(12)27-10-13-7-8-22-17(23-13)28-11-18(19,20)21/h3-8,14,24H,2,9-11H2,1H3/t14-/m0/s1. The molecule has 0 bridgehead atoms. The molecule has 1 heterocycles. The highest BCUT2D eigenvalue weighted by Crippen LogP contribution is 2.21. The van der Waals surface area contributed by atoms with E-state index < -0.39 is 30.9 Å². The first-order chi connectivity index (χ1) is 13.3. The van der Waals surface area contributed by atoms with E-state index in [0.29, 0.717) is 17.0 Å². The lowest BCUT2D eigenvalue weighted by Crippen LogP contribution is -2.25. The molecule has 1 N–H and O–H groups in total. The van der Waals surface area contributed by atoms with Crippen molar-refractivity contribution in [2.45, 2.75) is 32.2 Å². The van der Waals surface area contributed by atoms with Gasteiger partial charge in [0.2, 0.25) is 0 Å². The summed E-state index contributed by atoms with van der Waals surface area (Å²) in [6.07, 6.45) is -4.59. The smallest absolute Gasteiger partial charge is 0.422 e. The fraction of sp³-hybridized carbons (Fsp3) is 0.389. The second-order valence-electron chi connectivity index (χ2n) is 5.60. The number of aliphatic hydroxyl groups is 1. The number of esters is 1. The Hall–Kier alpha value is -2.88. The highest BCUT2D eigenvalue weighted by molar-refractivity contribution is 5.74. The number of rotatable bonds is 9. The van der Waals surface area contributed by atoms with E-state index in [0.717, 1.165) is 0 Å². The van der Waals surface area contributed by atoms with Crippen LogP contribution in [0.1, 0.15) is 18.2 Å². The Kier molecular flexibility index (Phi) is 7.56. The Labute approximate surface area is 159 Å². The maximum absolute atomic E-state index is 12.2. The summed E-state index contributed by atoms with van der Waals surface area (Å²) < 4.78 is 51.5. The predicted octanol–water partition coefficient (Wildman–Crippen LogP) is 2.46. The fourth-order valence-electron chi connectivity index (χ4n) is 2.17. The van der Waals surface area contributed by atoms with Crippen molar-refractivity contribution in [1.82, 2.24) is 9.97 Å². The minimum absolute atomic E-state index is 0.0152. The van der Waals surface area contributed by atoms with Gasteiger partial charge >= 0.3 is 18.2 Å². The van der Waals surface area contributed by atoms with Crippen LogP contribution in [0.15, 0.2) is 36.5 Å². The van der Waals surface area contributed by atoms with Gasteiger partial charge in [-0.05, 0) is 24.6 Å². The number of carbonyl (C=O) groups is 1. The third-order valence-corrected chi connectivity index (χ3v) is 3.38. The molecule has 0 spiro atoms. The molecule has 152 valence electrons. The van der Waals surface area contributed by atoms with Gasteiger partial charge in [-0.3, -0.25) is 0 Å². The van der Waals surface area contributed by atoms with Gasteiger partial charge in [0.05, 0.1) is 12.3 Å². The lowest BCUT2D eigenvalue weighted by Gasteiger charge is -2.14. The number of aromatic nitrogens is 2. The number of nitrogens with zero attached hydrogens (tertiary/aromatic N) is 2. The van der Waals surface area contributed by atoms with Crippen LogP contribution in [-0.4, -0.2) is 46.5 Å². The molecule has 0 unspecified atom stereocenters. The maximum atomic E-state index is 12.2. The lowest BCUT2D eigenvalue weighted by atomic mass is 10.1. The van der Waals surface area contributed by atoms with Crippen molar-refractivity contribution in [3.8, 4) is 11.8 Å². The molecule has 0 saturated heterocycles. The van der Waals surface area contributed by atoms with Crippen LogP contribution in [0.5, 0.6) is 11.8 Å². The van der Waals surface area contributed by atoms with Crippen molar-refractivity contribution >= 4 is 5.97 Å². The summed E-state index contributed by atoms with van der Waals surface area (Å²) in [5.41, 5.74) is 0.860. The second kappa shape index (κ2) is 9.88. The number of para-hydroxylation sites is 1. The number of halogens is 3. The molecule has 1 atom stereocenters. The monoisotopic (exact) mass is 400 g/mol. The summed E-state index contributed by atoms with van der Waals surface area (Å²) in [7, 11) is 0. The summed E-state index contributed by atoms with van der Waals surface area (Å²) in [5.74, 6) is -0.346. The predicted molar refractivity (Wildman–Crippen MR) is 90.7 cm³/mol. The summed E-state index contributed by atoms with van der Waals surface area (Å²) in [5, 5.41) is 9.91. The Morgan fingerprint density at radius 2 is 1.96 bits per heavy atom. The first-order valence-corrected chi connectivity index (χ1v) is 8.35. The summed E-state index contributed by atoms with van der Waals surface area (Å²) in [6, 6.07) is 7.78. The molecule has 28 heavy (non-hydrogen) atoms. The molecule has 0 aliphatic rings. The Bertz CT molecular complexity index is 786. The molecule has 2 aromatic rings. The van der Waals surface area contributed by atoms with E-state index in [-0.39, 0.29) is 19.6 Å². The molecule has 7 nitrogen and oxygen atoms in total. The number of aliphatic hydroxyl groups excluding tert-OH is 1. The van der Waals surface area contributed by atoms with Crippen molar-refractivity contribution in [2.75, 3.05) is 13.2 Å². The zero-order valence-electron chi connectivity index (χ0n) is 15.0. The zero-order valence-corrected chi connectivity index (χ0v) is 15.0. The number of carbonyl (C=O) groups excluding carboxylic acids is 1. The molecule has 0 amide bonds. The van der Waals surface area contributed by atoms with Crippen LogP contribution < -0.4 is 9.47 Å². The van der Waals surface area contributed by atoms with Crippen LogP contribution in [0.2, 0.25) is 0 Å². The minimum Gasteiger partial charge on any atom is -0.487 e. The highest BCUT2D eigenvalue weighted by atomic mass is 19.4. The van der Waals surface area contributed by atoms with Crippen molar-refractivity contribution in [1.29, 1.82) is 0 Å². The van der Waals surface area contributed by atoms with Gasteiger partial charge in [-0.15, -0.1) is 0 Å². The van der Waals surface area contributed by atoms with E-state index in [2.05, 4.69) is 14.7 Å². The van der Waals surface area contributed by atoms with Gasteiger partial charge in [0, 0.05) is 12.6 Å². The quantitative estimate of drug-likeness (QED) is 0.647. The van der Waals surface area contributed by atoms with Crippen molar-refractivity contribution in [3.63, 3.8) is 0 Å². The minimum atomic E-state index is -4.49. The summed E-state index contributed by atoms with van der Waals surface area (Å²) in [4.78, 5) is 19.1. The zero-order chi connectivity index (χ0) is 20.6. The molecule has 0 radical (unpaired) electrons. The van der Waals surface area contributed by atoms with Crippen LogP contribution in [-0.2, 0) is 22.6 Å². The van der Waals surface area contributed by atoms with Crippen molar-refractivity contribution < 1.29 is 37.3 Å². The Morgan fingerprint density at radius 1 is 1.21 bits per heavy atom. The average Bonchev–Trinajstić information content (AvgIpc) is 2.65. The van der Waals surface area contributed by atoms with Gasteiger partial charge < -0.3 is 19.3 Å². The van der Waals surface area contributed by atoms with Gasteiger partial charge in [0.1, 0.15) is 12.4 Å². The molecule has 10 heteroatoms. The second-order valence-corrected chi connectivity index (χ2v) is 5.60. The van der Waals surface area contributed by atoms with Gasteiger partial charge in [0.15, 0.2) is 12.7 Å². The van der Waals surface area contributed by atoms with Crippen LogP contribution in [0.3, 0.4) is 0 Å². The van der Waals surface area contributed by atoms with Gasteiger partial charge in [0.25, 0.3) is 0 Å². The average molecular weight is 400 g/mol. The molecule has 2 rings (SSSR count). The topological polar surface area (TPSA) is 90.8 Å². The van der Waals surface area contributed by atoms with Crippen LogP contribution >= 0.6 is 0 Å². The van der Waals surface area contributed by atoms with Gasteiger partial charge in [-0.2, -0.15) is 18.2 Å². The fourth-order valence-corrected chi connectivity index (χ4v) is 2.17. The van der Waals surface area contributed by atoms with Crippen LogP contribution in [0.4, 0.5) is 13.2 Å². The summed E-state index contributed by atoms with van der Waals surface area (Å²) in [6.45, 7) is 0.222. The number of hydrogen-bond acceptors (Lipinski definition) is 7. The lowest BCUT2D eigenvalue weighted by molar-refractivity contribution is -0.154. The molecule has 1 aromatic carbocycles. The van der Waals surface area contributed by atoms with Crippen molar-refractivity contribution in [3.05, 3.63) is 47.8 Å². The molecule has 0 aliphatic heterocycles. The number of alkyl halides is 3. The molecule has 1 aromatic heterocycles. The van der Waals surface area contributed by atoms with E-state index in [4.69, 9.17) is 9.47 Å². The molecule has 0 fully saturated rings. The third kappa shape index (κ3) is 7.03.